The molecule has 1 atom stereocenters. The highest BCUT2D eigenvalue weighted by Crippen LogP contribution is 2.26. The van der Waals surface area contributed by atoms with E-state index in [-0.39, 0.29) is 6.10 Å². The van der Waals surface area contributed by atoms with E-state index in [0.29, 0.717) is 5.92 Å². The van der Waals surface area contributed by atoms with Crippen LogP contribution in [0.2, 0.25) is 0 Å². The van der Waals surface area contributed by atoms with Crippen LogP contribution in [-0.4, -0.2) is 12.6 Å². The lowest BCUT2D eigenvalue weighted by atomic mass is 10.1. The molecule has 2 nitrogen and oxygen atoms in total. The van der Waals surface area contributed by atoms with Crippen LogP contribution < -0.4 is 10.1 Å². The molecule has 1 aromatic carbocycles. The lowest BCUT2D eigenvalue weighted by Crippen LogP contribution is -2.19. The smallest absolute Gasteiger partial charge is 0.125 e. The minimum absolute atomic E-state index is 0.280. The van der Waals surface area contributed by atoms with E-state index in [9.17, 15) is 0 Å². The summed E-state index contributed by atoms with van der Waals surface area (Å²) in [5.74, 6) is 1.75. The summed E-state index contributed by atoms with van der Waals surface area (Å²) < 4.78 is 6.00. The Bertz CT molecular complexity index is 375. The first kappa shape index (κ1) is 16.0. The average Bonchev–Trinajstić information content (AvgIpc) is 2.33. The van der Waals surface area contributed by atoms with Gasteiger partial charge in [0.1, 0.15) is 5.75 Å². The van der Waals surface area contributed by atoms with Crippen molar-refractivity contribution in [3.8, 4) is 5.75 Å². The van der Waals surface area contributed by atoms with Crippen molar-refractivity contribution in [2.75, 3.05) is 6.54 Å². The average molecular weight is 263 g/mol. The van der Waals surface area contributed by atoms with Crippen molar-refractivity contribution in [1.82, 2.24) is 5.32 Å². The molecule has 0 fully saturated rings. The van der Waals surface area contributed by atoms with Crippen LogP contribution in [0.15, 0.2) is 12.1 Å². The van der Waals surface area contributed by atoms with E-state index >= 15 is 0 Å². The molecule has 0 saturated carbocycles. The van der Waals surface area contributed by atoms with Crippen molar-refractivity contribution in [2.24, 2.45) is 5.92 Å². The summed E-state index contributed by atoms with van der Waals surface area (Å²) >= 11 is 0. The monoisotopic (exact) mass is 263 g/mol. The lowest BCUT2D eigenvalue weighted by molar-refractivity contribution is 0.214. The summed E-state index contributed by atoms with van der Waals surface area (Å²) in [5.41, 5.74) is 3.82. The number of aryl methyl sites for hydroxylation is 2. The van der Waals surface area contributed by atoms with E-state index in [1.807, 2.05) is 0 Å². The molecule has 0 aromatic heterocycles. The van der Waals surface area contributed by atoms with Gasteiger partial charge in [-0.2, -0.15) is 0 Å². The molecule has 2 heteroatoms. The molecule has 0 amide bonds. The van der Waals surface area contributed by atoms with Gasteiger partial charge in [-0.3, -0.25) is 0 Å². The first-order valence-electron chi connectivity index (χ1n) is 7.41. The molecule has 0 saturated heterocycles. The molecule has 0 heterocycles. The number of hydrogen-bond donors (Lipinski definition) is 1. The summed E-state index contributed by atoms with van der Waals surface area (Å²) in [7, 11) is 0. The Labute approximate surface area is 118 Å². The van der Waals surface area contributed by atoms with Gasteiger partial charge in [-0.25, -0.2) is 0 Å². The molecule has 0 bridgehead atoms. The van der Waals surface area contributed by atoms with E-state index in [1.165, 1.54) is 16.7 Å². The Morgan fingerprint density at radius 3 is 2.16 bits per heavy atom. The SMILES string of the molecule is CCC(C)Oc1c(C)cc(CNCC(C)C)cc1C. The Morgan fingerprint density at radius 1 is 1.11 bits per heavy atom. The third-order valence-electron chi connectivity index (χ3n) is 3.30. The minimum Gasteiger partial charge on any atom is -0.490 e. The number of nitrogens with one attached hydrogen (secondary N) is 1. The van der Waals surface area contributed by atoms with Crippen molar-refractivity contribution in [3.05, 3.63) is 28.8 Å². The number of ether oxygens (including phenoxy) is 1. The van der Waals surface area contributed by atoms with E-state index < -0.39 is 0 Å². The predicted molar refractivity (Wildman–Crippen MR) is 82.8 cm³/mol. The van der Waals surface area contributed by atoms with Crippen LogP contribution >= 0.6 is 0 Å². The third kappa shape index (κ3) is 5.23. The molecule has 108 valence electrons. The first-order valence-corrected chi connectivity index (χ1v) is 7.41. The van der Waals surface area contributed by atoms with Crippen LogP contribution in [0.4, 0.5) is 0 Å². The van der Waals surface area contributed by atoms with Crippen molar-refractivity contribution in [3.63, 3.8) is 0 Å². The molecule has 1 rings (SSSR count). The molecule has 0 aliphatic carbocycles. The second-order valence-electron chi connectivity index (χ2n) is 5.92. The normalized spacial score (nSPS) is 12.8. The van der Waals surface area contributed by atoms with Gasteiger partial charge < -0.3 is 10.1 Å². The summed E-state index contributed by atoms with van der Waals surface area (Å²) in [5, 5.41) is 3.49. The maximum atomic E-state index is 6.00. The Hall–Kier alpha value is -1.02. The fraction of sp³-hybridized carbons (Fsp3) is 0.647. The van der Waals surface area contributed by atoms with Gasteiger partial charge in [0.25, 0.3) is 0 Å². The highest BCUT2D eigenvalue weighted by atomic mass is 16.5. The van der Waals surface area contributed by atoms with Crippen LogP contribution in [0, 0.1) is 19.8 Å². The van der Waals surface area contributed by atoms with Gasteiger partial charge in [0.05, 0.1) is 6.10 Å². The van der Waals surface area contributed by atoms with Gasteiger partial charge in [-0.05, 0) is 56.3 Å². The fourth-order valence-corrected chi connectivity index (χ4v) is 2.12. The van der Waals surface area contributed by atoms with E-state index in [1.54, 1.807) is 0 Å². The molecule has 19 heavy (non-hydrogen) atoms. The zero-order chi connectivity index (χ0) is 14.4. The number of benzene rings is 1. The summed E-state index contributed by atoms with van der Waals surface area (Å²) in [4.78, 5) is 0. The molecular weight excluding hydrogens is 234 g/mol. The third-order valence-corrected chi connectivity index (χ3v) is 3.30. The second kappa shape index (κ2) is 7.54. The van der Waals surface area contributed by atoms with E-state index in [4.69, 9.17) is 4.74 Å². The van der Waals surface area contributed by atoms with Gasteiger partial charge in [0.2, 0.25) is 0 Å². The van der Waals surface area contributed by atoms with Crippen LogP contribution in [0.5, 0.6) is 5.75 Å². The molecule has 0 aliphatic heterocycles. The van der Waals surface area contributed by atoms with Crippen molar-refractivity contribution >= 4 is 0 Å². The first-order chi connectivity index (χ1) is 8.93. The van der Waals surface area contributed by atoms with Gasteiger partial charge in [-0.1, -0.05) is 32.9 Å². The van der Waals surface area contributed by atoms with Crippen molar-refractivity contribution in [2.45, 2.75) is 60.6 Å². The molecule has 1 aromatic rings. The molecule has 1 N–H and O–H groups in total. The number of hydrogen-bond acceptors (Lipinski definition) is 2. The van der Waals surface area contributed by atoms with Crippen LogP contribution in [0.3, 0.4) is 0 Å². The molecular formula is C17H29NO. The molecule has 1 unspecified atom stereocenters. The predicted octanol–water partition coefficient (Wildman–Crippen LogP) is 4.23. The van der Waals surface area contributed by atoms with E-state index in [0.717, 1.165) is 25.3 Å². The molecule has 0 radical (unpaired) electrons. The van der Waals surface area contributed by atoms with Gasteiger partial charge >= 0.3 is 0 Å². The second-order valence-corrected chi connectivity index (χ2v) is 5.92. The maximum absolute atomic E-state index is 6.00. The summed E-state index contributed by atoms with van der Waals surface area (Å²) in [6.07, 6.45) is 1.32. The highest BCUT2D eigenvalue weighted by Gasteiger charge is 2.09. The Morgan fingerprint density at radius 2 is 1.68 bits per heavy atom. The zero-order valence-corrected chi connectivity index (χ0v) is 13.3. The zero-order valence-electron chi connectivity index (χ0n) is 13.3. The topological polar surface area (TPSA) is 21.3 Å². The summed E-state index contributed by atoms with van der Waals surface area (Å²) in [6, 6.07) is 4.47. The quantitative estimate of drug-likeness (QED) is 0.795. The van der Waals surface area contributed by atoms with Gasteiger partial charge in [0.15, 0.2) is 0 Å². The molecule has 0 spiro atoms. The standard InChI is InChI=1S/C17H29NO/c1-7-15(6)19-17-13(4)8-16(9-14(17)5)11-18-10-12(2)3/h8-9,12,15,18H,7,10-11H2,1-6H3. The Kier molecular flexibility index (Phi) is 6.36. The van der Waals surface area contributed by atoms with Crippen LogP contribution in [0.1, 0.15) is 50.8 Å². The lowest BCUT2D eigenvalue weighted by Gasteiger charge is -2.18. The van der Waals surface area contributed by atoms with Crippen LogP contribution in [-0.2, 0) is 6.54 Å². The maximum Gasteiger partial charge on any atom is 0.125 e. The van der Waals surface area contributed by atoms with Crippen LogP contribution in [0.25, 0.3) is 0 Å². The van der Waals surface area contributed by atoms with E-state index in [2.05, 4.69) is 59.0 Å². The largest absolute Gasteiger partial charge is 0.490 e. The minimum atomic E-state index is 0.280. The Balaban J connectivity index is 2.73. The van der Waals surface area contributed by atoms with Crippen molar-refractivity contribution in [1.29, 1.82) is 0 Å². The molecule has 0 aliphatic rings. The summed E-state index contributed by atoms with van der Waals surface area (Å²) in [6.45, 7) is 15.0. The van der Waals surface area contributed by atoms with Gasteiger partial charge in [0, 0.05) is 6.54 Å². The van der Waals surface area contributed by atoms with Crippen molar-refractivity contribution < 1.29 is 4.74 Å². The number of rotatable bonds is 7. The van der Waals surface area contributed by atoms with Gasteiger partial charge in [-0.15, -0.1) is 0 Å². The highest BCUT2D eigenvalue weighted by molar-refractivity contribution is 5.43. The fourth-order valence-electron chi connectivity index (χ4n) is 2.12.